The van der Waals surface area contributed by atoms with Crippen molar-refractivity contribution in [2.45, 2.75) is 98.6 Å². The number of ether oxygens (including phenoxy) is 4. The number of allylic oxidation sites excluding steroid dienone is 2. The Morgan fingerprint density at radius 3 is 1.82 bits per heavy atom. The molecular weight excluding hydrogens is 1030 g/mol. The molecule has 0 spiro atoms. The molecule has 2 aromatic carbocycles. The average molecular weight is 1100 g/mol. The van der Waals surface area contributed by atoms with E-state index in [2.05, 4.69) is 40.5 Å². The highest BCUT2D eigenvalue weighted by atomic mass is 16.5. The summed E-state index contributed by atoms with van der Waals surface area (Å²) in [5, 5.41) is 23.9. The predicted molar refractivity (Wildman–Crippen MR) is 295 cm³/mol. The Kier molecular flexibility index (Phi) is 17.6. The lowest BCUT2D eigenvalue weighted by Crippen LogP contribution is -2.40. The van der Waals surface area contributed by atoms with E-state index in [1.165, 1.54) is 19.2 Å². The summed E-state index contributed by atoms with van der Waals surface area (Å²) in [6.45, 7) is 14.3. The van der Waals surface area contributed by atoms with E-state index < -0.39 is 23.6 Å². The van der Waals surface area contributed by atoms with Gasteiger partial charge in [0.25, 0.3) is 11.8 Å². The molecule has 1 saturated heterocycles. The highest BCUT2D eigenvalue weighted by molar-refractivity contribution is 6.05. The molecule has 0 aliphatic carbocycles. The molecule has 80 heavy (non-hydrogen) atoms. The van der Waals surface area contributed by atoms with Crippen LogP contribution in [0.25, 0.3) is 22.1 Å². The van der Waals surface area contributed by atoms with Crippen LogP contribution in [0, 0.1) is 13.8 Å². The minimum absolute atomic E-state index is 0.0363. The van der Waals surface area contributed by atoms with E-state index >= 15 is 0 Å². The third kappa shape index (κ3) is 12.4. The van der Waals surface area contributed by atoms with Crippen molar-refractivity contribution < 1.29 is 42.9 Å². The van der Waals surface area contributed by atoms with Crippen molar-refractivity contribution in [3.05, 3.63) is 94.1 Å². The maximum absolute atomic E-state index is 14.0. The Labute approximate surface area is 461 Å². The van der Waals surface area contributed by atoms with Gasteiger partial charge >= 0.3 is 0 Å². The molecule has 0 bridgehead atoms. The van der Waals surface area contributed by atoms with Crippen LogP contribution in [-0.2, 0) is 53.5 Å². The summed E-state index contributed by atoms with van der Waals surface area (Å²) in [4.78, 5) is 79.7. The van der Waals surface area contributed by atoms with Gasteiger partial charge in [-0.3, -0.25) is 44.0 Å². The summed E-state index contributed by atoms with van der Waals surface area (Å²) in [7, 11) is 3.08. The molecule has 0 radical (unpaired) electrons. The lowest BCUT2D eigenvalue weighted by molar-refractivity contribution is -0.134. The van der Waals surface area contributed by atoms with Gasteiger partial charge in [0.05, 0.1) is 68.9 Å². The Balaban J connectivity index is 0.925. The first-order chi connectivity index (χ1) is 38.7. The Hall–Kier alpha value is -8.49. The first-order valence-corrected chi connectivity index (χ1v) is 26.9. The van der Waals surface area contributed by atoms with Crippen molar-refractivity contribution in [1.29, 1.82) is 0 Å². The topological polar surface area (TPSA) is 307 Å². The van der Waals surface area contributed by atoms with Crippen LogP contribution in [0.3, 0.4) is 0 Å². The molecule has 424 valence electrons. The lowest BCUT2D eigenvalue weighted by atomic mass is 9.95. The molecule has 2 aliphatic heterocycles. The van der Waals surface area contributed by atoms with Crippen molar-refractivity contribution in [2.24, 2.45) is 11.5 Å². The first-order valence-electron chi connectivity index (χ1n) is 26.9. The van der Waals surface area contributed by atoms with Gasteiger partial charge in [-0.1, -0.05) is 12.2 Å². The third-order valence-corrected chi connectivity index (χ3v) is 14.3. The SMILES string of the molecule is CCn1nc(C)cc1C(=O)Nc1nc2cc(C(N)=O)cc(OC)c2n1C/C=C/Cn1c(NC(=O)c2cc(C)nn2CC)nc2cc(C(N)=O)cc(OCCCN3CCC(c4nnc5n4CCN(C(=O)CCOCCOC)C5)CC3)c21. The molecule has 9 rings (SSSR count). The van der Waals surface area contributed by atoms with Crippen LogP contribution in [-0.4, -0.2) is 160 Å². The summed E-state index contributed by atoms with van der Waals surface area (Å²) in [5.74, 6) is 0.817. The number of hydrogen-bond donors (Lipinski definition) is 4. The highest BCUT2D eigenvalue weighted by Crippen LogP contribution is 2.34. The van der Waals surface area contributed by atoms with Crippen LogP contribution >= 0.6 is 0 Å². The molecule has 0 unspecified atom stereocenters. The maximum Gasteiger partial charge on any atom is 0.276 e. The fourth-order valence-electron chi connectivity index (χ4n) is 10.3. The molecule has 0 atom stereocenters. The lowest BCUT2D eigenvalue weighted by Gasteiger charge is -2.33. The van der Waals surface area contributed by atoms with Crippen LogP contribution in [0.4, 0.5) is 11.9 Å². The summed E-state index contributed by atoms with van der Waals surface area (Å²) in [6, 6.07) is 9.61. The van der Waals surface area contributed by atoms with E-state index in [0.717, 1.165) is 44.1 Å². The largest absolute Gasteiger partial charge is 0.494 e. The number of methoxy groups -OCH3 is 2. The molecule has 7 aromatic rings. The van der Waals surface area contributed by atoms with Crippen molar-refractivity contribution in [3.8, 4) is 11.5 Å². The van der Waals surface area contributed by atoms with Gasteiger partial charge in [0.2, 0.25) is 29.6 Å². The van der Waals surface area contributed by atoms with Crippen molar-refractivity contribution in [1.82, 2.24) is 63.2 Å². The number of anilines is 2. The van der Waals surface area contributed by atoms with Crippen LogP contribution < -0.4 is 31.6 Å². The number of benzene rings is 2. The van der Waals surface area contributed by atoms with E-state index in [4.69, 9.17) is 40.4 Å². The summed E-state index contributed by atoms with van der Waals surface area (Å²) < 4.78 is 31.7. The Morgan fingerprint density at radius 2 is 1.27 bits per heavy atom. The highest BCUT2D eigenvalue weighted by Gasteiger charge is 2.31. The normalized spacial score (nSPS) is 14.1. The monoisotopic (exact) mass is 1100 g/mol. The number of nitrogens with zero attached hydrogens (tertiary/aromatic N) is 13. The van der Waals surface area contributed by atoms with Crippen LogP contribution in [0.5, 0.6) is 11.5 Å². The molecule has 6 N–H and O–H groups in total. The number of amides is 5. The van der Waals surface area contributed by atoms with Gasteiger partial charge in [0, 0.05) is 70.0 Å². The molecule has 2 aliphatic rings. The van der Waals surface area contributed by atoms with Crippen molar-refractivity contribution in [3.63, 3.8) is 0 Å². The number of imidazole rings is 2. The Bertz CT molecular complexity index is 3450. The summed E-state index contributed by atoms with van der Waals surface area (Å²) in [6.07, 6.45) is 6.49. The number of nitrogens with two attached hydrogens (primary N) is 2. The predicted octanol–water partition coefficient (Wildman–Crippen LogP) is 4.04. The zero-order chi connectivity index (χ0) is 56.6. The third-order valence-electron chi connectivity index (χ3n) is 14.3. The smallest absolute Gasteiger partial charge is 0.276 e. The number of carbonyl (C=O) groups is 5. The number of carbonyl (C=O) groups excluding carboxylic acids is 5. The number of primary amides is 2. The second kappa shape index (κ2) is 25.1. The number of likely N-dealkylation sites (tertiary alicyclic amines) is 1. The molecule has 7 heterocycles. The number of nitrogens with one attached hydrogen (secondary N) is 2. The fourth-order valence-corrected chi connectivity index (χ4v) is 10.3. The van der Waals surface area contributed by atoms with Crippen molar-refractivity contribution >= 4 is 63.5 Å². The Morgan fingerprint density at radius 1 is 0.700 bits per heavy atom. The van der Waals surface area contributed by atoms with Crippen LogP contribution in [0.15, 0.2) is 48.6 Å². The average Bonchev–Trinajstić information content (AvgIpc) is 4.29. The van der Waals surface area contributed by atoms with E-state index in [1.54, 1.807) is 56.8 Å². The minimum atomic E-state index is -0.677. The molecule has 26 nitrogen and oxygen atoms in total. The second-order valence-corrected chi connectivity index (χ2v) is 19.7. The number of rotatable bonds is 25. The van der Waals surface area contributed by atoms with Crippen molar-refractivity contribution in [2.75, 3.05) is 77.5 Å². The van der Waals surface area contributed by atoms with Gasteiger partial charge in [0.1, 0.15) is 39.7 Å². The molecule has 26 heteroatoms. The summed E-state index contributed by atoms with van der Waals surface area (Å²) >= 11 is 0. The molecule has 0 saturated carbocycles. The number of aromatic nitrogens is 11. The number of fused-ring (bicyclic) bond motifs is 3. The molecule has 5 amide bonds. The minimum Gasteiger partial charge on any atom is -0.494 e. The van der Waals surface area contributed by atoms with Crippen LogP contribution in [0.1, 0.15) is 110 Å². The zero-order valence-corrected chi connectivity index (χ0v) is 46.1. The van der Waals surface area contributed by atoms with Gasteiger partial charge in [-0.25, -0.2) is 9.97 Å². The standard InChI is InChI=1S/C54H69N17O9/c1-7-70-40(26-33(3)63-70)51(75)59-53-57-38-28-36(48(55)73)30-42(78-6)46(38)68(53)16-9-10-17-69-47-39(58-54(69)60-52(76)41-27-34(4)64-71(41)8-2)29-37(49(56)74)31-43(47)80-22-11-15-65-18-12-35(13-19-65)50-62-61-44-32-66(20-21-67(44)50)45(72)14-23-79-25-24-77-5/h9-10,26-31,35H,7-8,11-25,32H2,1-6H3,(H2,55,73)(H2,56,74)(H,57,59,75)(H,58,60,76)/b10-9+. The van der Waals surface area contributed by atoms with E-state index in [1.807, 2.05) is 37.8 Å². The van der Waals surface area contributed by atoms with Gasteiger partial charge in [-0.15, -0.1) is 10.2 Å². The van der Waals surface area contributed by atoms with Gasteiger partial charge in [0.15, 0.2) is 5.82 Å². The van der Waals surface area contributed by atoms with E-state index in [9.17, 15) is 24.0 Å². The number of hydrogen-bond acceptors (Lipinski definition) is 16. The summed E-state index contributed by atoms with van der Waals surface area (Å²) in [5.41, 5.74) is 15.7. The van der Waals surface area contributed by atoms with Crippen LogP contribution in [0.2, 0.25) is 0 Å². The number of piperidine rings is 1. The van der Waals surface area contributed by atoms with Gasteiger partial charge in [-0.05, 0) is 96.4 Å². The number of aryl methyl sites for hydroxylation is 4. The molecule has 5 aromatic heterocycles. The quantitative estimate of drug-likeness (QED) is 0.0464. The van der Waals surface area contributed by atoms with E-state index in [0.29, 0.717) is 128 Å². The van der Waals surface area contributed by atoms with Gasteiger partial charge < -0.3 is 53.9 Å². The maximum atomic E-state index is 14.0. The molecular formula is C54H69N17O9. The van der Waals surface area contributed by atoms with E-state index in [-0.39, 0.29) is 47.9 Å². The van der Waals surface area contributed by atoms with Gasteiger partial charge in [-0.2, -0.15) is 10.2 Å². The second-order valence-electron chi connectivity index (χ2n) is 19.7. The zero-order valence-electron chi connectivity index (χ0n) is 46.1. The molecule has 1 fully saturated rings. The first kappa shape index (κ1) is 56.2. The fraction of sp³-hybridized carbons (Fsp3) is 0.463.